The summed E-state index contributed by atoms with van der Waals surface area (Å²) in [5.41, 5.74) is 15.3. The van der Waals surface area contributed by atoms with Gasteiger partial charge in [0.25, 0.3) is 0 Å². The molecular formula is C74H80ClN9O10. The molecule has 10 aromatic rings. The van der Waals surface area contributed by atoms with E-state index < -0.39 is 29.0 Å². The Kier molecular flexibility index (Phi) is 19.9. The molecule has 488 valence electrons. The summed E-state index contributed by atoms with van der Waals surface area (Å²) in [6, 6.07) is 49.6. The molecule has 0 aliphatic carbocycles. The zero-order valence-electron chi connectivity index (χ0n) is 54.4. The Balaban J connectivity index is 0.000000205. The summed E-state index contributed by atoms with van der Waals surface area (Å²) in [6.07, 6.45) is 5.41. The average Bonchev–Trinajstić information content (AvgIpc) is 1.62. The Hall–Kier alpha value is -10.1. The van der Waals surface area contributed by atoms with E-state index in [2.05, 4.69) is 19.9 Å². The van der Waals surface area contributed by atoms with Gasteiger partial charge in [-0.05, 0) is 169 Å². The van der Waals surface area contributed by atoms with Crippen LogP contribution < -0.4 is 5.73 Å². The van der Waals surface area contributed by atoms with E-state index in [-0.39, 0.29) is 62.3 Å². The monoisotopic (exact) mass is 1290 g/mol. The number of nitrogens with one attached hydrogen (secondary N) is 2. The number of anilines is 1. The summed E-state index contributed by atoms with van der Waals surface area (Å²) >= 11 is 0. The van der Waals surface area contributed by atoms with Crippen molar-refractivity contribution in [3.8, 4) is 45.0 Å². The van der Waals surface area contributed by atoms with Crippen LogP contribution in [0.25, 0.3) is 66.8 Å². The van der Waals surface area contributed by atoms with E-state index >= 15 is 0 Å². The van der Waals surface area contributed by atoms with E-state index in [1.54, 1.807) is 37.4 Å². The fourth-order valence-corrected chi connectivity index (χ4v) is 11.7. The number of nitrogens with two attached hydrogens (primary N) is 1. The van der Waals surface area contributed by atoms with Crippen molar-refractivity contribution in [2.45, 2.75) is 137 Å². The van der Waals surface area contributed by atoms with Gasteiger partial charge in [-0.3, -0.25) is 14.6 Å². The first-order valence-corrected chi connectivity index (χ1v) is 31.4. The first kappa shape index (κ1) is 66.8. The Morgan fingerprint density at radius 3 is 1.31 bits per heavy atom. The minimum Gasteiger partial charge on any atom is -0.460 e. The zero-order valence-corrected chi connectivity index (χ0v) is 55.3. The molecule has 2 aliphatic rings. The largest absolute Gasteiger partial charge is 0.460 e. The molecule has 2 atom stereocenters. The van der Waals surface area contributed by atoms with Gasteiger partial charge in [0.05, 0.1) is 64.7 Å². The molecule has 20 heteroatoms. The molecule has 94 heavy (non-hydrogen) atoms. The minimum absolute atomic E-state index is 0. The number of hydrogen-bond acceptors (Lipinski definition) is 13. The van der Waals surface area contributed by atoms with Crippen LogP contribution in [0.15, 0.2) is 170 Å². The summed E-state index contributed by atoms with van der Waals surface area (Å²) in [5, 5.41) is 1.66. The molecule has 0 saturated carbocycles. The highest BCUT2D eigenvalue weighted by molar-refractivity contribution is 5.99. The van der Waals surface area contributed by atoms with Crippen molar-refractivity contribution in [2.75, 3.05) is 18.8 Å². The summed E-state index contributed by atoms with van der Waals surface area (Å²) in [7, 11) is 0. The maximum Gasteiger partial charge on any atom is 0.419 e. The SMILES string of the molecule is CC(C)(C)OC(=O)Cc1ccc2c(c1)cc(-c1ccc(-c3cnc([C@@H]4CCCN4C(=O)OCc4ccccc4)[nH]3)cc1)n2C(=O)OC(C)(C)C.CC(C)(C)OC(=O)n1c(-c2ccc(-c3cnc([C@@H]4CCCN4C(=O)OCc4ccccc4)[nH]3)cc2)cc2cc(N)ccc21.Cl. The van der Waals surface area contributed by atoms with E-state index in [4.69, 9.17) is 29.4 Å². The summed E-state index contributed by atoms with van der Waals surface area (Å²) in [4.78, 5) is 84.9. The standard InChI is InChI=1S/C40H44N4O6.C34H35N5O4.ClH/c1-39(2,3)49-35(45)22-27-14-19-32-30(21-27)23-34(44(32)38(47)50-40(4,5)6)29-17-15-28(16-18-29)31-24-41-36(42-31)33-13-10-20-43(33)37(46)48-25-26-11-8-7-9-12-26;1-34(2,3)43-33(41)39-28-16-15-26(35)18-25(28)19-30(39)24-13-11-23(12-14-24)27-20-36-31(37-27)29-10-7-17-38(29)32(40)42-21-22-8-5-4-6-9-22;/h7-9,11-12,14-19,21,23-24,33H,10,13,20,22,25H2,1-6H3,(H,41,42);4-6,8-9,11-16,18-20,29H,7,10,17,21,35H2,1-3H3,(H,36,37);1H/t33-;29-;/m00./s1. The number of imidazole rings is 2. The Morgan fingerprint density at radius 2 is 0.883 bits per heavy atom. The molecule has 0 spiro atoms. The van der Waals surface area contributed by atoms with Crippen LogP contribution >= 0.6 is 12.4 Å². The molecule has 0 radical (unpaired) electrons. The van der Waals surface area contributed by atoms with E-state index in [1.165, 1.54) is 0 Å². The van der Waals surface area contributed by atoms with Gasteiger partial charge in [-0.25, -0.2) is 38.3 Å². The van der Waals surface area contributed by atoms with Crippen LogP contribution in [0.1, 0.15) is 128 Å². The van der Waals surface area contributed by atoms with Crippen LogP contribution in [0, 0.1) is 0 Å². The fourth-order valence-electron chi connectivity index (χ4n) is 11.7. The van der Waals surface area contributed by atoms with Crippen molar-refractivity contribution in [1.82, 2.24) is 38.9 Å². The molecule has 0 bridgehead atoms. The van der Waals surface area contributed by atoms with Gasteiger partial charge >= 0.3 is 30.3 Å². The summed E-state index contributed by atoms with van der Waals surface area (Å²) in [5.74, 6) is 1.13. The lowest BCUT2D eigenvalue weighted by atomic mass is 10.1. The normalized spacial score (nSPS) is 14.9. The van der Waals surface area contributed by atoms with Gasteiger partial charge in [0, 0.05) is 29.5 Å². The first-order valence-electron chi connectivity index (χ1n) is 31.4. The topological polar surface area (TPSA) is 231 Å². The zero-order chi connectivity index (χ0) is 65.8. The smallest absolute Gasteiger partial charge is 0.419 e. The van der Waals surface area contributed by atoms with Crippen molar-refractivity contribution < 1.29 is 47.7 Å². The highest BCUT2D eigenvalue weighted by Gasteiger charge is 2.35. The lowest BCUT2D eigenvalue weighted by Crippen LogP contribution is -2.31. The second-order valence-corrected chi connectivity index (χ2v) is 26.5. The van der Waals surface area contributed by atoms with E-state index in [0.717, 1.165) is 98.1 Å². The van der Waals surface area contributed by atoms with Gasteiger partial charge in [-0.15, -0.1) is 12.4 Å². The van der Waals surface area contributed by atoms with Gasteiger partial charge in [-0.2, -0.15) is 0 Å². The molecule has 6 aromatic carbocycles. The van der Waals surface area contributed by atoms with Crippen molar-refractivity contribution in [3.63, 3.8) is 0 Å². The van der Waals surface area contributed by atoms with Crippen molar-refractivity contribution in [2.24, 2.45) is 0 Å². The van der Waals surface area contributed by atoms with Crippen molar-refractivity contribution in [3.05, 3.63) is 198 Å². The van der Waals surface area contributed by atoms with Gasteiger partial charge in [0.2, 0.25) is 0 Å². The quantitative estimate of drug-likeness (QED) is 0.0588. The number of rotatable bonds is 12. The molecule has 4 aromatic heterocycles. The summed E-state index contributed by atoms with van der Waals surface area (Å²) in [6.45, 7) is 18.3. The molecule has 2 amide bonds. The number of benzene rings is 6. The first-order chi connectivity index (χ1) is 44.4. The molecule has 6 heterocycles. The predicted molar refractivity (Wildman–Crippen MR) is 365 cm³/mol. The van der Waals surface area contributed by atoms with E-state index in [1.807, 2.05) is 214 Å². The number of hydrogen-bond donors (Lipinski definition) is 3. The number of carbonyl (C=O) groups is 5. The third-order valence-corrected chi connectivity index (χ3v) is 15.8. The number of amides is 2. The summed E-state index contributed by atoms with van der Waals surface area (Å²) < 4.78 is 31.4. The molecule has 2 fully saturated rings. The number of halogens is 1. The number of carbonyl (C=O) groups excluding carboxylic acids is 5. The number of aromatic amines is 2. The number of likely N-dealkylation sites (tertiary alicyclic amines) is 2. The highest BCUT2D eigenvalue weighted by Crippen LogP contribution is 2.38. The van der Waals surface area contributed by atoms with Crippen LogP contribution in [0.3, 0.4) is 0 Å². The molecule has 19 nitrogen and oxygen atoms in total. The molecule has 12 rings (SSSR count). The average molecular weight is 1290 g/mol. The third-order valence-electron chi connectivity index (χ3n) is 15.8. The van der Waals surface area contributed by atoms with Crippen LogP contribution in [0.2, 0.25) is 0 Å². The third kappa shape index (κ3) is 16.0. The molecular weight excluding hydrogens is 1210 g/mol. The Labute approximate surface area is 552 Å². The highest BCUT2D eigenvalue weighted by atomic mass is 35.5. The lowest BCUT2D eigenvalue weighted by molar-refractivity contribution is -0.153. The Morgan fingerprint density at radius 1 is 0.479 bits per heavy atom. The molecule has 0 unspecified atom stereocenters. The van der Waals surface area contributed by atoms with E-state index in [9.17, 15) is 24.0 Å². The number of ether oxygens (including phenoxy) is 5. The van der Waals surface area contributed by atoms with Gasteiger partial charge < -0.3 is 39.4 Å². The molecule has 4 N–H and O–H groups in total. The predicted octanol–water partition coefficient (Wildman–Crippen LogP) is 16.8. The fraction of sp³-hybridized carbons (Fsp3) is 0.311. The van der Waals surface area contributed by atoms with Crippen molar-refractivity contribution in [1.29, 1.82) is 0 Å². The number of H-pyrrole nitrogens is 2. The van der Waals surface area contributed by atoms with Gasteiger partial charge in [0.15, 0.2) is 0 Å². The van der Waals surface area contributed by atoms with Gasteiger partial charge in [-0.1, -0.05) is 115 Å². The Bertz CT molecular complexity index is 4330. The maximum absolute atomic E-state index is 13.6. The van der Waals surface area contributed by atoms with Gasteiger partial charge in [0.1, 0.15) is 41.7 Å². The van der Waals surface area contributed by atoms with E-state index in [0.29, 0.717) is 41.5 Å². The second kappa shape index (κ2) is 28.0. The second-order valence-electron chi connectivity index (χ2n) is 26.5. The number of aromatic nitrogens is 6. The van der Waals surface area contributed by atoms with Crippen LogP contribution in [-0.4, -0.2) is 99.1 Å². The maximum atomic E-state index is 13.6. The number of nitrogen functional groups attached to an aromatic ring is 1. The number of esters is 1. The number of nitrogens with zero attached hydrogens (tertiary/aromatic N) is 6. The molecule has 2 saturated heterocycles. The van der Waals surface area contributed by atoms with Crippen molar-refractivity contribution >= 4 is 70.2 Å². The lowest BCUT2D eigenvalue weighted by Gasteiger charge is -2.22. The van der Waals surface area contributed by atoms with Crippen LogP contribution in [0.5, 0.6) is 0 Å². The minimum atomic E-state index is -0.697. The molecule has 2 aliphatic heterocycles. The van der Waals surface area contributed by atoms with Crippen LogP contribution in [0.4, 0.5) is 24.9 Å². The number of fused-ring (bicyclic) bond motifs is 2. The van der Waals surface area contributed by atoms with Crippen LogP contribution in [-0.2, 0) is 48.1 Å².